The zero-order chi connectivity index (χ0) is 50.0. The zero-order valence-corrected chi connectivity index (χ0v) is 41.8. The number of ether oxygens (including phenoxy) is 8. The van der Waals surface area contributed by atoms with Gasteiger partial charge in [-0.05, 0) is 85.5 Å². The molecule has 0 radical (unpaired) electrons. The van der Waals surface area contributed by atoms with Crippen LogP contribution in [0.5, 0.6) is 0 Å². The van der Waals surface area contributed by atoms with Crippen LogP contribution < -0.4 is 0 Å². The van der Waals surface area contributed by atoms with E-state index in [1.165, 1.54) is 21.1 Å². The summed E-state index contributed by atoms with van der Waals surface area (Å²) in [7, 11) is 4.76. The minimum Gasteiger partial charge on any atom is -0.465 e. The van der Waals surface area contributed by atoms with Gasteiger partial charge in [-0.2, -0.15) is 0 Å². The molecule has 18 atom stereocenters. The molecule has 4 saturated heterocycles. The van der Waals surface area contributed by atoms with E-state index in [4.69, 9.17) is 37.9 Å². The monoisotopic (exact) mass is 961 g/mol. The summed E-state index contributed by atoms with van der Waals surface area (Å²) in [5.74, 6) is -5.01. The largest absolute Gasteiger partial charge is 0.465 e. The molecule has 2 aromatic rings. The van der Waals surface area contributed by atoms with Crippen LogP contribution in [0.1, 0.15) is 110 Å². The van der Waals surface area contributed by atoms with Gasteiger partial charge in [0.25, 0.3) is 0 Å². The molecule has 19 nitrogen and oxygen atoms in total. The number of rotatable bonds is 13. The molecule has 0 amide bonds. The van der Waals surface area contributed by atoms with Crippen LogP contribution in [-0.4, -0.2) is 177 Å². The van der Waals surface area contributed by atoms with E-state index in [2.05, 4.69) is 10.3 Å². The van der Waals surface area contributed by atoms with Crippen molar-refractivity contribution in [2.45, 2.75) is 185 Å². The number of aliphatic hydroxyl groups excluding tert-OH is 3. The second-order valence-electron chi connectivity index (χ2n) is 20.4. The fraction of sp³-hybridized carbons (Fsp3) is 0.776. The van der Waals surface area contributed by atoms with Crippen molar-refractivity contribution in [3.63, 3.8) is 0 Å². The van der Waals surface area contributed by atoms with E-state index in [1.54, 1.807) is 51.4 Å². The van der Waals surface area contributed by atoms with Crippen LogP contribution in [0.4, 0.5) is 0 Å². The maximum Gasteiger partial charge on any atom is 0.337 e. The lowest BCUT2D eigenvalue weighted by Gasteiger charge is -2.49. The molecule has 0 aliphatic carbocycles. The van der Waals surface area contributed by atoms with Gasteiger partial charge >= 0.3 is 11.9 Å². The quantitative estimate of drug-likeness (QED) is 0.211. The van der Waals surface area contributed by atoms with E-state index in [1.807, 2.05) is 51.0 Å². The predicted molar refractivity (Wildman–Crippen MR) is 244 cm³/mol. The maximum atomic E-state index is 14.4. The first-order valence-corrected chi connectivity index (χ1v) is 24.0. The highest BCUT2D eigenvalue weighted by Crippen LogP contribution is 2.44. The number of fused-ring (bicyclic) bond motifs is 2. The van der Waals surface area contributed by atoms with Crippen LogP contribution in [0.2, 0.25) is 0 Å². The molecule has 4 N–H and O–H groups in total. The van der Waals surface area contributed by atoms with E-state index in [0.29, 0.717) is 31.5 Å². The number of likely N-dealkylation sites (N-methyl/N-ethyl adjacent to an activating group) is 1. The average Bonchev–Trinajstić information content (AvgIpc) is 3.95. The number of aromatic nitrogens is 3. The molecule has 4 fully saturated rings. The minimum absolute atomic E-state index is 0.00962. The first-order valence-electron chi connectivity index (χ1n) is 24.0. The number of methoxy groups -OCH3 is 2. The number of hydrogen-bond acceptors (Lipinski definition) is 18. The van der Waals surface area contributed by atoms with Crippen molar-refractivity contribution in [3.05, 3.63) is 47.3 Å². The summed E-state index contributed by atoms with van der Waals surface area (Å²) in [6, 6.07) is 6.66. The van der Waals surface area contributed by atoms with Gasteiger partial charge in [0, 0.05) is 56.5 Å². The van der Waals surface area contributed by atoms with Crippen LogP contribution in [0.3, 0.4) is 0 Å². The van der Waals surface area contributed by atoms with E-state index in [0.717, 1.165) is 11.3 Å². The number of carbonyl (C=O) groups excluding carboxylic acids is 3. The molecule has 0 spiro atoms. The van der Waals surface area contributed by atoms with Gasteiger partial charge in [-0.25, -0.2) is 9.48 Å². The highest BCUT2D eigenvalue weighted by molar-refractivity contribution is 5.89. The lowest BCUT2D eigenvalue weighted by molar-refractivity contribution is -0.317. The van der Waals surface area contributed by atoms with Gasteiger partial charge in [0.1, 0.15) is 29.7 Å². The molecule has 0 saturated carbocycles. The number of esters is 2. The SMILES string of the molecule is CC[C@H]1OC(=O)[C@H](C)[C@@H](O[C@H]2C[C@@](C)(OC)[C@@H](O)[C@H](C)O2)[C@H](C)[C@@H](O[C@@H]2O[C@H](C)C[C@H](N(C)CCc3cn(Cc4ccc(C(=O)OC)cc4)nn3)[C@H]2O)[C@@]2(C)C[C@@H](CO2)C(=O)[C@H](C)[C@@H](O)[C@]1(C)O. The van der Waals surface area contributed by atoms with Gasteiger partial charge < -0.3 is 63.2 Å². The molecule has 4 aliphatic heterocycles. The number of nitrogens with zero attached hydrogens (tertiary/aromatic N) is 4. The number of ketones is 1. The third-order valence-electron chi connectivity index (χ3n) is 15.2. The van der Waals surface area contributed by atoms with Crippen LogP contribution in [0, 0.1) is 23.7 Å². The molecular weight excluding hydrogens is 885 g/mol. The minimum atomic E-state index is -1.99. The summed E-state index contributed by atoms with van der Waals surface area (Å²) < 4.78 is 51.4. The van der Waals surface area contributed by atoms with Crippen LogP contribution in [0.15, 0.2) is 30.5 Å². The van der Waals surface area contributed by atoms with E-state index < -0.39 is 114 Å². The summed E-state index contributed by atoms with van der Waals surface area (Å²) in [6.07, 6.45) is -6.95. The van der Waals surface area contributed by atoms with Crippen LogP contribution in [-0.2, 0) is 60.4 Å². The van der Waals surface area contributed by atoms with Gasteiger partial charge in [-0.15, -0.1) is 5.10 Å². The smallest absolute Gasteiger partial charge is 0.337 e. The summed E-state index contributed by atoms with van der Waals surface area (Å²) in [5.41, 5.74) is -2.14. The van der Waals surface area contributed by atoms with Gasteiger partial charge in [-0.1, -0.05) is 38.1 Å². The molecule has 4 aliphatic rings. The molecule has 382 valence electrons. The van der Waals surface area contributed by atoms with Crippen molar-refractivity contribution in [1.29, 1.82) is 0 Å². The average molecular weight is 961 g/mol. The fourth-order valence-electron chi connectivity index (χ4n) is 10.7. The fourth-order valence-corrected chi connectivity index (χ4v) is 10.7. The molecular formula is C49H76N4O15. The van der Waals surface area contributed by atoms with Crippen molar-refractivity contribution < 1.29 is 72.7 Å². The molecule has 68 heavy (non-hydrogen) atoms. The zero-order valence-electron chi connectivity index (χ0n) is 41.8. The lowest BCUT2D eigenvalue weighted by atomic mass is 9.75. The van der Waals surface area contributed by atoms with Crippen molar-refractivity contribution in [3.8, 4) is 0 Å². The number of aliphatic hydroxyl groups is 4. The number of cyclic esters (lactones) is 1. The van der Waals surface area contributed by atoms with Crippen LogP contribution >= 0.6 is 0 Å². The Kier molecular flexibility index (Phi) is 17.3. The molecule has 2 bridgehead atoms. The maximum absolute atomic E-state index is 14.4. The van der Waals surface area contributed by atoms with Crippen molar-refractivity contribution in [1.82, 2.24) is 19.9 Å². The first kappa shape index (κ1) is 53.9. The Hall–Kier alpha value is -3.47. The molecule has 1 aromatic carbocycles. The topological polar surface area (TPSA) is 240 Å². The number of hydrogen-bond donors (Lipinski definition) is 4. The summed E-state index contributed by atoms with van der Waals surface area (Å²) in [5, 5.41) is 55.3. The lowest BCUT2D eigenvalue weighted by Crippen LogP contribution is -2.61. The molecule has 6 rings (SSSR count). The van der Waals surface area contributed by atoms with Gasteiger partial charge in [0.05, 0.1) is 79.2 Å². The Bertz CT molecular complexity index is 2020. The predicted octanol–water partition coefficient (Wildman–Crippen LogP) is 2.84. The highest BCUT2D eigenvalue weighted by Gasteiger charge is 2.56. The summed E-state index contributed by atoms with van der Waals surface area (Å²) >= 11 is 0. The Morgan fingerprint density at radius 2 is 1.65 bits per heavy atom. The van der Waals surface area contributed by atoms with Gasteiger partial charge in [-0.3, -0.25) is 9.59 Å². The summed E-state index contributed by atoms with van der Waals surface area (Å²) in [4.78, 5) is 42.5. The second-order valence-corrected chi connectivity index (χ2v) is 20.4. The Labute approximate surface area is 400 Å². The number of Topliss-reactive ketones (excluding diaryl/α,β-unsaturated/α-hetero) is 1. The van der Waals surface area contributed by atoms with Crippen LogP contribution in [0.25, 0.3) is 0 Å². The number of carbonyl (C=O) groups is 3. The van der Waals surface area contributed by atoms with E-state index in [9.17, 15) is 34.8 Å². The van der Waals surface area contributed by atoms with Crippen molar-refractivity contribution in [2.24, 2.45) is 23.7 Å². The Balaban J connectivity index is 1.27. The van der Waals surface area contributed by atoms with Gasteiger partial charge in [0.15, 0.2) is 12.6 Å². The van der Waals surface area contributed by atoms with Crippen molar-refractivity contribution >= 4 is 17.7 Å². The van der Waals surface area contributed by atoms with E-state index >= 15 is 0 Å². The summed E-state index contributed by atoms with van der Waals surface area (Å²) in [6.45, 7) is 16.3. The van der Waals surface area contributed by atoms with Crippen molar-refractivity contribution in [2.75, 3.05) is 34.4 Å². The highest BCUT2D eigenvalue weighted by atomic mass is 16.7. The second kappa shape index (κ2) is 21.9. The molecule has 19 heteroatoms. The third kappa shape index (κ3) is 11.5. The molecule has 1 aromatic heterocycles. The normalized spacial score (nSPS) is 40.8. The third-order valence-corrected chi connectivity index (χ3v) is 15.2. The standard InChI is InChI=1S/C49H76N4O15/c1-13-36-49(9,60)41(56)27(3)38(54)33-21-48(8,63-25-33)43(28(4)40(29(5)44(58)66-36)67-37-22-47(7,62-12)42(57)30(6)65-37)68-46-39(55)35(20-26(2)64-46)52(10)19-18-34-24-53(51-50-34)23-31-14-16-32(17-15-31)45(59)61-11/h14-17,24,26-30,33,35-37,39-43,46,55-57,60H,13,18-23,25H2,1-12H3/t26-,27+,28+,29-,30+,33+,35+,36-,37+,39-,40+,41-,42+,43-,46+,47-,48-,49-/m1/s1. The van der Waals surface area contributed by atoms with Gasteiger partial charge in [0.2, 0.25) is 0 Å². The molecule has 0 unspecified atom stereocenters. The molecule has 5 heterocycles. The Morgan fingerprint density at radius 3 is 2.29 bits per heavy atom. The first-order chi connectivity index (χ1) is 32.0. The number of benzene rings is 1. The van der Waals surface area contributed by atoms with E-state index in [-0.39, 0.29) is 37.8 Å². The Morgan fingerprint density at radius 1 is 0.956 bits per heavy atom.